The van der Waals surface area contributed by atoms with E-state index in [1.54, 1.807) is 13.2 Å². The molecule has 0 N–H and O–H groups in total. The van der Waals surface area contributed by atoms with E-state index in [1.165, 1.54) is 12.5 Å². The lowest BCUT2D eigenvalue weighted by molar-refractivity contribution is 0.0540. The number of likely N-dealkylation sites (N-methyl/N-ethyl adjacent to an activating group) is 1. The number of fused-ring (bicyclic) bond motifs is 1. The Morgan fingerprint density at radius 3 is 2.71 bits per heavy atom. The first kappa shape index (κ1) is 19.4. The third-order valence-electron chi connectivity index (χ3n) is 5.94. The van der Waals surface area contributed by atoms with Gasteiger partial charge in [0.2, 0.25) is 0 Å². The maximum absolute atomic E-state index is 12.8. The van der Waals surface area contributed by atoms with Crippen molar-refractivity contribution in [3.05, 3.63) is 78.5 Å². The summed E-state index contributed by atoms with van der Waals surface area (Å²) in [6.45, 7) is 2.05. The number of pyridine rings is 1. The fourth-order valence-corrected chi connectivity index (χ4v) is 4.13. The highest BCUT2D eigenvalue weighted by Gasteiger charge is 2.31. The average molecular weight is 416 g/mol. The van der Waals surface area contributed by atoms with Gasteiger partial charge >= 0.3 is 0 Å². The highest BCUT2D eigenvalue weighted by molar-refractivity contribution is 5.93. The van der Waals surface area contributed by atoms with Crippen LogP contribution in [0.25, 0.3) is 16.9 Å². The van der Waals surface area contributed by atoms with Crippen molar-refractivity contribution in [2.45, 2.75) is 6.04 Å². The van der Waals surface area contributed by atoms with Crippen molar-refractivity contribution in [1.29, 1.82) is 0 Å². The lowest BCUT2D eigenvalue weighted by atomic mass is 10.1. The quantitative estimate of drug-likeness (QED) is 0.507. The molecule has 1 aliphatic rings. The predicted molar refractivity (Wildman–Crippen MR) is 117 cm³/mol. The Labute approximate surface area is 180 Å². The number of ether oxygens (including phenoxy) is 1. The second-order valence-electron chi connectivity index (χ2n) is 7.79. The van der Waals surface area contributed by atoms with E-state index in [0.29, 0.717) is 18.7 Å². The minimum atomic E-state index is -0.00506. The molecular formula is C24H24N4O3. The number of furan rings is 1. The average Bonchev–Trinajstić information content (AvgIpc) is 3.49. The zero-order valence-corrected chi connectivity index (χ0v) is 17.6. The van der Waals surface area contributed by atoms with Crippen LogP contribution in [0.4, 0.5) is 0 Å². The molecule has 1 aliphatic heterocycles. The highest BCUT2D eigenvalue weighted by atomic mass is 16.5. The van der Waals surface area contributed by atoms with Gasteiger partial charge in [-0.3, -0.25) is 14.1 Å². The van der Waals surface area contributed by atoms with E-state index in [1.807, 2.05) is 41.3 Å². The number of hydrogen-bond donors (Lipinski definition) is 0. The number of nitrogens with zero attached hydrogens (tertiary/aromatic N) is 4. The highest BCUT2D eigenvalue weighted by Crippen LogP contribution is 2.28. The molecule has 158 valence electrons. The van der Waals surface area contributed by atoms with Gasteiger partial charge in [-0.05, 0) is 55.1 Å². The van der Waals surface area contributed by atoms with Crippen LogP contribution in [-0.4, -0.2) is 58.9 Å². The molecule has 1 saturated heterocycles. The summed E-state index contributed by atoms with van der Waals surface area (Å²) in [5.41, 5.74) is 4.57. The Bertz CT molecular complexity index is 1200. The largest absolute Gasteiger partial charge is 0.497 e. The molecule has 0 saturated carbocycles. The molecule has 1 amide bonds. The number of hydrogen-bond acceptors (Lipinski definition) is 5. The smallest absolute Gasteiger partial charge is 0.257 e. The van der Waals surface area contributed by atoms with Gasteiger partial charge in [-0.25, -0.2) is 4.98 Å². The summed E-state index contributed by atoms with van der Waals surface area (Å²) >= 11 is 0. The standard InChI is InChI=1S/C24H24N4O3/c1-26-11-12-27(24(29)18-10-13-31-16-18)15-22(26)20-14-28-21(4-3-5-23(28)25-20)17-6-8-19(30-2)9-7-17/h3-10,13-14,16,22H,11-12,15H2,1-2H3/t22-/m1/s1. The summed E-state index contributed by atoms with van der Waals surface area (Å²) in [4.78, 5) is 21.9. The topological polar surface area (TPSA) is 63.2 Å². The summed E-state index contributed by atoms with van der Waals surface area (Å²) in [5, 5.41) is 0. The molecule has 0 bridgehead atoms. The van der Waals surface area contributed by atoms with Gasteiger partial charge in [0.15, 0.2) is 0 Å². The van der Waals surface area contributed by atoms with Crippen LogP contribution >= 0.6 is 0 Å². The Kier molecular flexibility index (Phi) is 4.95. The van der Waals surface area contributed by atoms with E-state index >= 15 is 0 Å². The van der Waals surface area contributed by atoms with Crippen LogP contribution in [0, 0.1) is 0 Å². The van der Waals surface area contributed by atoms with Gasteiger partial charge in [0.25, 0.3) is 5.91 Å². The molecule has 0 radical (unpaired) electrons. The summed E-state index contributed by atoms with van der Waals surface area (Å²) in [5.74, 6) is 0.822. The van der Waals surface area contributed by atoms with Crippen molar-refractivity contribution in [2.24, 2.45) is 0 Å². The summed E-state index contributed by atoms with van der Waals surface area (Å²) in [6, 6.07) is 15.9. The second-order valence-corrected chi connectivity index (χ2v) is 7.79. The van der Waals surface area contributed by atoms with Crippen LogP contribution < -0.4 is 4.74 Å². The maximum Gasteiger partial charge on any atom is 0.257 e. The van der Waals surface area contributed by atoms with Crippen LogP contribution in [0.2, 0.25) is 0 Å². The normalized spacial score (nSPS) is 17.2. The van der Waals surface area contributed by atoms with Gasteiger partial charge in [0, 0.05) is 25.8 Å². The van der Waals surface area contributed by atoms with Crippen molar-refractivity contribution in [1.82, 2.24) is 19.2 Å². The summed E-state index contributed by atoms with van der Waals surface area (Å²) in [7, 11) is 3.75. The molecule has 4 heterocycles. The van der Waals surface area contributed by atoms with Crippen LogP contribution in [0.1, 0.15) is 22.1 Å². The van der Waals surface area contributed by atoms with Crippen LogP contribution in [0.15, 0.2) is 71.7 Å². The van der Waals surface area contributed by atoms with Gasteiger partial charge in [0.1, 0.15) is 17.7 Å². The van der Waals surface area contributed by atoms with E-state index < -0.39 is 0 Å². The predicted octanol–water partition coefficient (Wildman–Crippen LogP) is 3.73. The molecule has 5 rings (SSSR count). The SMILES string of the molecule is COc1ccc(-c2cccc3nc([C@H]4CN(C(=O)c5ccoc5)CCN4C)cn23)cc1. The van der Waals surface area contributed by atoms with Gasteiger partial charge in [-0.2, -0.15) is 0 Å². The Morgan fingerprint density at radius 2 is 1.97 bits per heavy atom. The first-order chi connectivity index (χ1) is 15.1. The molecule has 4 aromatic rings. The molecule has 1 atom stereocenters. The molecule has 3 aromatic heterocycles. The van der Waals surface area contributed by atoms with E-state index in [2.05, 4.69) is 28.6 Å². The van der Waals surface area contributed by atoms with Crippen molar-refractivity contribution >= 4 is 11.6 Å². The molecule has 0 spiro atoms. The number of carbonyl (C=O) groups is 1. The zero-order chi connectivity index (χ0) is 21.4. The van der Waals surface area contributed by atoms with Gasteiger partial charge in [-0.1, -0.05) is 6.07 Å². The van der Waals surface area contributed by atoms with Crippen molar-refractivity contribution in [3.63, 3.8) is 0 Å². The lowest BCUT2D eigenvalue weighted by Gasteiger charge is -2.38. The number of benzene rings is 1. The van der Waals surface area contributed by atoms with Gasteiger partial charge < -0.3 is 14.1 Å². The Morgan fingerprint density at radius 1 is 1.13 bits per heavy atom. The molecule has 31 heavy (non-hydrogen) atoms. The number of aromatic nitrogens is 2. The summed E-state index contributed by atoms with van der Waals surface area (Å²) < 4.78 is 12.5. The molecule has 0 aliphatic carbocycles. The molecule has 0 unspecified atom stereocenters. The number of rotatable bonds is 4. The Balaban J connectivity index is 1.47. The zero-order valence-electron chi connectivity index (χ0n) is 17.6. The van der Waals surface area contributed by atoms with Crippen LogP contribution in [-0.2, 0) is 0 Å². The maximum atomic E-state index is 12.8. The minimum Gasteiger partial charge on any atom is -0.497 e. The van der Waals surface area contributed by atoms with E-state index in [4.69, 9.17) is 14.1 Å². The third kappa shape index (κ3) is 3.57. The molecule has 1 fully saturated rings. The van der Waals surface area contributed by atoms with Crippen molar-refractivity contribution in [2.75, 3.05) is 33.8 Å². The molecular weight excluding hydrogens is 392 g/mol. The number of amides is 1. The van der Waals surface area contributed by atoms with E-state index in [-0.39, 0.29) is 11.9 Å². The van der Waals surface area contributed by atoms with Gasteiger partial charge in [-0.15, -0.1) is 0 Å². The van der Waals surface area contributed by atoms with E-state index in [9.17, 15) is 4.79 Å². The lowest BCUT2D eigenvalue weighted by Crippen LogP contribution is -2.49. The number of imidazole rings is 1. The molecule has 1 aromatic carbocycles. The van der Waals surface area contributed by atoms with E-state index in [0.717, 1.165) is 34.9 Å². The molecule has 7 nitrogen and oxygen atoms in total. The Hall–Kier alpha value is -3.58. The molecule has 7 heteroatoms. The third-order valence-corrected chi connectivity index (χ3v) is 5.94. The number of methoxy groups -OCH3 is 1. The van der Waals surface area contributed by atoms with Crippen molar-refractivity contribution < 1.29 is 13.9 Å². The summed E-state index contributed by atoms with van der Waals surface area (Å²) in [6.07, 6.45) is 5.12. The number of piperazine rings is 1. The first-order valence-electron chi connectivity index (χ1n) is 10.3. The second kappa shape index (κ2) is 7.92. The fraction of sp³-hybridized carbons (Fsp3) is 0.250. The monoisotopic (exact) mass is 416 g/mol. The minimum absolute atomic E-state index is 0.00506. The van der Waals surface area contributed by atoms with Crippen LogP contribution in [0.5, 0.6) is 5.75 Å². The number of carbonyl (C=O) groups excluding carboxylic acids is 1. The van der Waals surface area contributed by atoms with Gasteiger partial charge in [0.05, 0.1) is 36.4 Å². The van der Waals surface area contributed by atoms with Crippen molar-refractivity contribution in [3.8, 4) is 17.0 Å². The van der Waals surface area contributed by atoms with Crippen LogP contribution in [0.3, 0.4) is 0 Å². The fourth-order valence-electron chi connectivity index (χ4n) is 4.13. The first-order valence-corrected chi connectivity index (χ1v) is 10.3.